The van der Waals surface area contributed by atoms with E-state index < -0.39 is 17.4 Å². The van der Waals surface area contributed by atoms with Crippen LogP contribution in [0.4, 0.5) is 17.1 Å². The van der Waals surface area contributed by atoms with Crippen molar-refractivity contribution < 1.29 is 19.8 Å². The molecule has 0 saturated heterocycles. The number of aryl methyl sites for hydroxylation is 1. The molecule has 0 saturated carbocycles. The van der Waals surface area contributed by atoms with Crippen LogP contribution in [0.3, 0.4) is 0 Å². The number of nitrogens with zero attached hydrogens (tertiary/aromatic N) is 5. The van der Waals surface area contributed by atoms with Gasteiger partial charge in [0.25, 0.3) is 11.8 Å². The zero-order valence-corrected chi connectivity index (χ0v) is 26.0. The molecule has 236 valence electrons. The molecule has 9 nitrogen and oxygen atoms in total. The second-order valence-corrected chi connectivity index (χ2v) is 12.1. The molecule has 7 rings (SSSR count). The van der Waals surface area contributed by atoms with E-state index in [0.717, 1.165) is 22.0 Å². The zero-order valence-electron chi connectivity index (χ0n) is 26.0. The van der Waals surface area contributed by atoms with Gasteiger partial charge in [-0.05, 0) is 47.7 Å². The van der Waals surface area contributed by atoms with E-state index in [2.05, 4.69) is 16.9 Å². The van der Waals surface area contributed by atoms with Crippen LogP contribution >= 0.6 is 0 Å². The monoisotopic (exact) mass is 625 g/mol. The summed E-state index contributed by atoms with van der Waals surface area (Å²) >= 11 is 0. The van der Waals surface area contributed by atoms with Gasteiger partial charge < -0.3 is 15.1 Å². The molecule has 3 atom stereocenters. The maximum absolute atomic E-state index is 13.9. The van der Waals surface area contributed by atoms with Gasteiger partial charge in [-0.1, -0.05) is 85.0 Å². The minimum atomic E-state index is -1.85. The molecule has 0 fully saturated rings. The summed E-state index contributed by atoms with van der Waals surface area (Å²) in [5, 5.41) is 32.6. The summed E-state index contributed by atoms with van der Waals surface area (Å²) in [5.41, 5.74) is 2.83. The van der Waals surface area contributed by atoms with Gasteiger partial charge in [-0.15, -0.1) is 11.7 Å². The predicted octanol–water partition coefficient (Wildman–Crippen LogP) is 5.85. The number of rotatable bonds is 11. The first-order valence-corrected chi connectivity index (χ1v) is 15.7. The van der Waals surface area contributed by atoms with E-state index in [1.165, 1.54) is 0 Å². The van der Waals surface area contributed by atoms with Crippen molar-refractivity contribution in [2.24, 2.45) is 5.92 Å². The van der Waals surface area contributed by atoms with Crippen LogP contribution in [0.2, 0.25) is 0 Å². The highest BCUT2D eigenvalue weighted by molar-refractivity contribution is 6.28. The molecule has 1 unspecified atom stereocenters. The van der Waals surface area contributed by atoms with Crippen LogP contribution < -0.4 is 9.80 Å². The van der Waals surface area contributed by atoms with Gasteiger partial charge >= 0.3 is 0 Å². The number of aromatic nitrogens is 3. The Bertz CT molecular complexity index is 2030. The maximum atomic E-state index is 13.9. The highest BCUT2D eigenvalue weighted by Gasteiger charge is 2.52. The summed E-state index contributed by atoms with van der Waals surface area (Å²) in [6.45, 7) is 6.33. The summed E-state index contributed by atoms with van der Waals surface area (Å²) in [6.07, 6.45) is 7.83. The second kappa shape index (κ2) is 12.1. The standard InChI is InChI=1S/C38H35N5O4/c1-3-20-42-33-19-18-28(43-34-17-10-15-27-14-9-16-29(35(27)34)36(43)45)22-31(33)38(47,37(42)46)25(2)11-7-8-21-41-23-32(39-40-41)30(24-44)26-12-5-4-6-13-26/h3-7,9-19,22-23,25,30,44,47H,1,8,20-21,24H2,2H3/b11-7+/t25-,30?,38+/m0/s1. The average Bonchev–Trinajstić information content (AvgIpc) is 3.74. The number of fused-ring (bicyclic) bond motifs is 1. The van der Waals surface area contributed by atoms with E-state index in [9.17, 15) is 19.8 Å². The average molecular weight is 626 g/mol. The minimum absolute atomic E-state index is 0.0761. The minimum Gasteiger partial charge on any atom is -0.395 e. The maximum Gasteiger partial charge on any atom is 0.264 e. The first kappa shape index (κ1) is 30.3. The van der Waals surface area contributed by atoms with E-state index in [1.54, 1.807) is 32.7 Å². The Morgan fingerprint density at radius 2 is 1.77 bits per heavy atom. The van der Waals surface area contributed by atoms with E-state index in [1.807, 2.05) is 98.1 Å². The molecule has 0 spiro atoms. The van der Waals surface area contributed by atoms with E-state index in [4.69, 9.17) is 0 Å². The number of carbonyl (C=O) groups is 2. The van der Waals surface area contributed by atoms with Crippen molar-refractivity contribution in [1.82, 2.24) is 15.0 Å². The molecule has 0 aliphatic carbocycles. The lowest BCUT2D eigenvalue weighted by molar-refractivity contribution is -0.139. The molecule has 2 N–H and O–H groups in total. The Hall–Kier alpha value is -5.38. The molecule has 2 aliphatic heterocycles. The number of allylic oxidation sites excluding steroid dienone is 1. The number of amides is 2. The molecular weight excluding hydrogens is 590 g/mol. The van der Waals surface area contributed by atoms with Crippen molar-refractivity contribution >= 4 is 39.6 Å². The fourth-order valence-electron chi connectivity index (χ4n) is 6.84. The van der Waals surface area contributed by atoms with Crippen molar-refractivity contribution in [3.63, 3.8) is 0 Å². The highest BCUT2D eigenvalue weighted by Crippen LogP contribution is 2.49. The van der Waals surface area contributed by atoms with Crippen LogP contribution in [0.1, 0.15) is 46.4 Å². The van der Waals surface area contributed by atoms with Crippen molar-refractivity contribution in [2.45, 2.75) is 31.4 Å². The first-order valence-electron chi connectivity index (χ1n) is 15.7. The first-order chi connectivity index (χ1) is 22.9. The Labute approximate surface area is 272 Å². The van der Waals surface area contributed by atoms with E-state index in [-0.39, 0.29) is 25.0 Å². The quantitative estimate of drug-likeness (QED) is 0.178. The van der Waals surface area contributed by atoms with Gasteiger partial charge in [0, 0.05) is 41.8 Å². The molecule has 9 heteroatoms. The Morgan fingerprint density at radius 1 is 0.979 bits per heavy atom. The van der Waals surface area contributed by atoms with Gasteiger partial charge in [0.15, 0.2) is 5.60 Å². The van der Waals surface area contributed by atoms with E-state index in [0.29, 0.717) is 41.2 Å². The second-order valence-electron chi connectivity index (χ2n) is 12.1. The van der Waals surface area contributed by atoms with Gasteiger partial charge in [-0.25, -0.2) is 0 Å². The van der Waals surface area contributed by atoms with Crippen molar-refractivity contribution in [2.75, 3.05) is 23.0 Å². The molecule has 47 heavy (non-hydrogen) atoms. The normalized spacial score (nSPS) is 18.4. The number of anilines is 3. The molecular formula is C38H35N5O4. The molecule has 2 aliphatic rings. The number of hydrogen-bond donors (Lipinski definition) is 2. The topological polar surface area (TPSA) is 112 Å². The lowest BCUT2D eigenvalue weighted by atomic mass is 9.82. The Morgan fingerprint density at radius 3 is 2.53 bits per heavy atom. The third-order valence-corrected chi connectivity index (χ3v) is 9.29. The number of benzene rings is 4. The molecule has 5 aromatic rings. The van der Waals surface area contributed by atoms with Crippen molar-refractivity contribution in [3.8, 4) is 0 Å². The van der Waals surface area contributed by atoms with E-state index >= 15 is 0 Å². The zero-order chi connectivity index (χ0) is 32.7. The molecule has 1 aromatic heterocycles. The fourth-order valence-corrected chi connectivity index (χ4v) is 6.84. The highest BCUT2D eigenvalue weighted by atomic mass is 16.3. The summed E-state index contributed by atoms with van der Waals surface area (Å²) in [7, 11) is 0. The van der Waals surface area contributed by atoms with Crippen LogP contribution in [0.15, 0.2) is 116 Å². The smallest absolute Gasteiger partial charge is 0.264 e. The molecule has 0 bridgehead atoms. The number of carbonyl (C=O) groups excluding carboxylic acids is 2. The third kappa shape index (κ3) is 4.95. The fraction of sp³-hybridized carbons (Fsp3) is 0.211. The molecule has 2 amide bonds. The summed E-state index contributed by atoms with van der Waals surface area (Å²) in [4.78, 5) is 30.7. The predicted molar refractivity (Wildman–Crippen MR) is 182 cm³/mol. The van der Waals surface area contributed by atoms with Crippen molar-refractivity contribution in [1.29, 1.82) is 0 Å². The Kier molecular flexibility index (Phi) is 7.79. The number of aliphatic hydroxyl groups is 2. The lowest BCUT2D eigenvalue weighted by Gasteiger charge is -2.28. The van der Waals surface area contributed by atoms with Gasteiger partial charge in [0.1, 0.15) is 0 Å². The SMILES string of the molecule is C=CCN1C(=O)[C@@](O)([C@@H](C)/C=C/CCn2cc(C(CO)c3ccccc3)nn2)c2cc(N3C(=O)c4cccc5cccc3c45)ccc21. The van der Waals surface area contributed by atoms with Crippen LogP contribution in [0.5, 0.6) is 0 Å². The summed E-state index contributed by atoms with van der Waals surface area (Å²) < 4.78 is 1.73. The summed E-state index contributed by atoms with van der Waals surface area (Å²) in [6, 6.07) is 26.6. The largest absolute Gasteiger partial charge is 0.395 e. The van der Waals surface area contributed by atoms with Crippen LogP contribution in [-0.2, 0) is 16.9 Å². The van der Waals surface area contributed by atoms with Gasteiger partial charge in [0.2, 0.25) is 0 Å². The van der Waals surface area contributed by atoms with Crippen LogP contribution in [0, 0.1) is 5.92 Å². The van der Waals surface area contributed by atoms with Gasteiger partial charge in [-0.2, -0.15) is 0 Å². The molecule has 4 aromatic carbocycles. The van der Waals surface area contributed by atoms with Gasteiger partial charge in [0.05, 0.1) is 35.2 Å². The Balaban J connectivity index is 1.13. The molecule has 0 radical (unpaired) electrons. The van der Waals surface area contributed by atoms with Gasteiger partial charge in [-0.3, -0.25) is 19.2 Å². The third-order valence-electron chi connectivity index (χ3n) is 9.29. The number of aliphatic hydroxyl groups excluding tert-OH is 1. The molecule has 3 heterocycles. The van der Waals surface area contributed by atoms with Crippen LogP contribution in [-0.4, -0.2) is 50.2 Å². The van der Waals surface area contributed by atoms with Crippen molar-refractivity contribution in [3.05, 3.63) is 138 Å². The van der Waals surface area contributed by atoms with Crippen LogP contribution in [0.25, 0.3) is 10.8 Å². The lowest BCUT2D eigenvalue weighted by Crippen LogP contribution is -2.44. The number of hydrogen-bond acceptors (Lipinski definition) is 6. The summed E-state index contributed by atoms with van der Waals surface area (Å²) in [5.74, 6) is -1.43.